The van der Waals surface area contributed by atoms with Gasteiger partial charge in [-0.1, -0.05) is 29.8 Å². The van der Waals surface area contributed by atoms with Gasteiger partial charge in [-0.2, -0.15) is 0 Å². The van der Waals surface area contributed by atoms with Crippen molar-refractivity contribution in [2.75, 3.05) is 19.7 Å². The van der Waals surface area contributed by atoms with Crippen molar-refractivity contribution >= 4 is 23.5 Å². The van der Waals surface area contributed by atoms with E-state index in [1.54, 1.807) is 18.2 Å². The zero-order valence-corrected chi connectivity index (χ0v) is 13.4. The Labute approximate surface area is 140 Å². The largest absolute Gasteiger partial charge is 0.371 e. The Morgan fingerprint density at radius 1 is 1.30 bits per heavy atom. The standard InChI is InChI=1S/C16H20ClN3O3/c1-2-8-18-14(21)10-19-16(22)20-13-7-9-23-15(13)11-3-5-12(17)6-4-11/h2-6,13,15H,1,7-10H2,(H,18,21)(H2,19,20,22)/t13-,15+/m0/s1. The molecule has 0 aromatic heterocycles. The summed E-state index contributed by atoms with van der Waals surface area (Å²) in [6, 6.07) is 6.81. The zero-order valence-electron chi connectivity index (χ0n) is 12.7. The zero-order chi connectivity index (χ0) is 16.7. The van der Waals surface area contributed by atoms with Crippen molar-refractivity contribution in [2.45, 2.75) is 18.6 Å². The van der Waals surface area contributed by atoms with E-state index in [4.69, 9.17) is 16.3 Å². The molecule has 0 bridgehead atoms. The van der Waals surface area contributed by atoms with Crippen LogP contribution in [0.4, 0.5) is 4.79 Å². The van der Waals surface area contributed by atoms with Gasteiger partial charge in [0.05, 0.1) is 12.6 Å². The molecule has 0 aliphatic carbocycles. The van der Waals surface area contributed by atoms with E-state index in [2.05, 4.69) is 22.5 Å². The average molecular weight is 338 g/mol. The average Bonchev–Trinajstić information content (AvgIpc) is 2.99. The summed E-state index contributed by atoms with van der Waals surface area (Å²) >= 11 is 5.88. The van der Waals surface area contributed by atoms with E-state index in [9.17, 15) is 9.59 Å². The molecule has 1 fully saturated rings. The molecule has 1 aromatic rings. The molecule has 0 radical (unpaired) electrons. The highest BCUT2D eigenvalue weighted by molar-refractivity contribution is 6.30. The maximum absolute atomic E-state index is 11.9. The number of nitrogens with one attached hydrogen (secondary N) is 3. The van der Waals surface area contributed by atoms with Gasteiger partial charge >= 0.3 is 6.03 Å². The minimum atomic E-state index is -0.395. The fraction of sp³-hybridized carbons (Fsp3) is 0.375. The Balaban J connectivity index is 1.83. The highest BCUT2D eigenvalue weighted by Gasteiger charge is 2.30. The quantitative estimate of drug-likeness (QED) is 0.692. The maximum atomic E-state index is 11.9. The van der Waals surface area contributed by atoms with Crippen molar-refractivity contribution in [1.82, 2.24) is 16.0 Å². The van der Waals surface area contributed by atoms with Gasteiger partial charge in [0.15, 0.2) is 0 Å². The van der Waals surface area contributed by atoms with Crippen LogP contribution in [0.1, 0.15) is 18.1 Å². The van der Waals surface area contributed by atoms with Crippen LogP contribution in [0.15, 0.2) is 36.9 Å². The van der Waals surface area contributed by atoms with Gasteiger partial charge in [-0.3, -0.25) is 4.79 Å². The summed E-state index contributed by atoms with van der Waals surface area (Å²) in [5.41, 5.74) is 0.959. The van der Waals surface area contributed by atoms with E-state index in [-0.39, 0.29) is 24.6 Å². The normalized spacial score (nSPS) is 19.9. The summed E-state index contributed by atoms with van der Waals surface area (Å²) in [6.07, 6.45) is 2.07. The number of amides is 3. The molecule has 1 aromatic carbocycles. The molecular weight excluding hydrogens is 318 g/mol. The molecule has 23 heavy (non-hydrogen) atoms. The van der Waals surface area contributed by atoms with E-state index < -0.39 is 6.03 Å². The van der Waals surface area contributed by atoms with Crippen molar-refractivity contribution in [3.8, 4) is 0 Å². The second-order valence-corrected chi connectivity index (χ2v) is 5.59. The van der Waals surface area contributed by atoms with Crippen molar-refractivity contribution in [3.05, 3.63) is 47.5 Å². The number of hydrogen-bond donors (Lipinski definition) is 3. The van der Waals surface area contributed by atoms with E-state index in [0.717, 1.165) is 5.56 Å². The van der Waals surface area contributed by atoms with Crippen LogP contribution < -0.4 is 16.0 Å². The lowest BCUT2D eigenvalue weighted by atomic mass is 10.0. The first-order valence-corrected chi connectivity index (χ1v) is 7.77. The van der Waals surface area contributed by atoms with Crippen molar-refractivity contribution in [2.24, 2.45) is 0 Å². The molecule has 2 atom stereocenters. The minimum Gasteiger partial charge on any atom is -0.371 e. The molecule has 2 rings (SSSR count). The monoisotopic (exact) mass is 337 g/mol. The SMILES string of the molecule is C=CCNC(=O)CNC(=O)N[C@H]1CCO[C@@H]1c1ccc(Cl)cc1. The smallest absolute Gasteiger partial charge is 0.315 e. The Morgan fingerprint density at radius 2 is 2.04 bits per heavy atom. The predicted octanol–water partition coefficient (Wildman–Crippen LogP) is 1.77. The predicted molar refractivity (Wildman–Crippen MR) is 88.3 cm³/mol. The summed E-state index contributed by atoms with van der Waals surface area (Å²) in [4.78, 5) is 23.3. The van der Waals surface area contributed by atoms with Crippen molar-refractivity contribution in [1.29, 1.82) is 0 Å². The number of rotatable bonds is 6. The lowest BCUT2D eigenvalue weighted by molar-refractivity contribution is -0.119. The molecule has 124 valence electrons. The highest BCUT2D eigenvalue weighted by atomic mass is 35.5. The Hall–Kier alpha value is -2.05. The van der Waals surface area contributed by atoms with Gasteiger partial charge < -0.3 is 20.7 Å². The first kappa shape index (κ1) is 17.3. The van der Waals surface area contributed by atoms with Crippen LogP contribution in [-0.2, 0) is 9.53 Å². The van der Waals surface area contributed by atoms with Gasteiger partial charge in [-0.15, -0.1) is 6.58 Å². The van der Waals surface area contributed by atoms with Gasteiger partial charge in [0, 0.05) is 18.2 Å². The highest BCUT2D eigenvalue weighted by Crippen LogP contribution is 2.29. The second-order valence-electron chi connectivity index (χ2n) is 5.16. The fourth-order valence-corrected chi connectivity index (χ4v) is 2.47. The summed E-state index contributed by atoms with van der Waals surface area (Å²) in [7, 11) is 0. The van der Waals surface area contributed by atoms with Crippen LogP contribution in [0.3, 0.4) is 0 Å². The summed E-state index contributed by atoms with van der Waals surface area (Å²) in [5.74, 6) is -0.267. The molecule has 7 heteroatoms. The Bertz CT molecular complexity index is 562. The summed E-state index contributed by atoms with van der Waals surface area (Å²) < 4.78 is 5.70. The number of benzene rings is 1. The van der Waals surface area contributed by atoms with Crippen LogP contribution in [0, 0.1) is 0 Å². The number of carbonyl (C=O) groups excluding carboxylic acids is 2. The number of urea groups is 1. The lowest BCUT2D eigenvalue weighted by Crippen LogP contribution is -2.46. The summed E-state index contributed by atoms with van der Waals surface area (Å²) in [6.45, 7) is 4.36. The maximum Gasteiger partial charge on any atom is 0.315 e. The van der Waals surface area contributed by atoms with Gasteiger partial charge in [-0.05, 0) is 24.1 Å². The minimum absolute atomic E-state index is 0.0845. The molecule has 0 saturated carbocycles. The van der Waals surface area contributed by atoms with Gasteiger partial charge in [-0.25, -0.2) is 4.79 Å². The van der Waals surface area contributed by atoms with E-state index in [1.165, 1.54) is 0 Å². The van der Waals surface area contributed by atoms with Gasteiger partial charge in [0.25, 0.3) is 0 Å². The van der Waals surface area contributed by atoms with E-state index >= 15 is 0 Å². The first-order valence-electron chi connectivity index (χ1n) is 7.39. The van der Waals surface area contributed by atoms with Crippen molar-refractivity contribution < 1.29 is 14.3 Å². The van der Waals surface area contributed by atoms with Gasteiger partial charge in [0.2, 0.25) is 5.91 Å². The van der Waals surface area contributed by atoms with Crippen LogP contribution in [0.5, 0.6) is 0 Å². The first-order chi connectivity index (χ1) is 11.1. The molecule has 3 N–H and O–H groups in total. The fourth-order valence-electron chi connectivity index (χ4n) is 2.35. The van der Waals surface area contributed by atoms with E-state index in [0.29, 0.717) is 24.6 Å². The van der Waals surface area contributed by atoms with E-state index in [1.807, 2.05) is 12.1 Å². The number of halogens is 1. The third-order valence-electron chi connectivity index (χ3n) is 3.46. The molecule has 3 amide bonds. The van der Waals surface area contributed by atoms with Crippen LogP contribution in [-0.4, -0.2) is 37.7 Å². The van der Waals surface area contributed by atoms with Crippen LogP contribution >= 0.6 is 11.6 Å². The number of ether oxygens (including phenoxy) is 1. The molecule has 0 unspecified atom stereocenters. The molecule has 1 aliphatic rings. The molecular formula is C16H20ClN3O3. The third kappa shape index (κ3) is 5.26. The number of carbonyl (C=O) groups is 2. The molecule has 1 heterocycles. The van der Waals surface area contributed by atoms with Crippen LogP contribution in [0.2, 0.25) is 5.02 Å². The topological polar surface area (TPSA) is 79.5 Å². The van der Waals surface area contributed by atoms with Crippen molar-refractivity contribution in [3.63, 3.8) is 0 Å². The Kier molecular flexibility index (Phi) is 6.43. The van der Waals surface area contributed by atoms with Gasteiger partial charge in [0.1, 0.15) is 6.10 Å². The summed E-state index contributed by atoms with van der Waals surface area (Å²) in [5, 5.41) is 8.61. The number of hydrogen-bond acceptors (Lipinski definition) is 3. The third-order valence-corrected chi connectivity index (χ3v) is 3.71. The molecule has 6 nitrogen and oxygen atoms in total. The molecule has 1 saturated heterocycles. The lowest BCUT2D eigenvalue weighted by Gasteiger charge is -2.20. The Morgan fingerprint density at radius 3 is 2.74 bits per heavy atom. The molecule has 0 spiro atoms. The molecule has 1 aliphatic heterocycles. The second kappa shape index (κ2) is 8.55. The van der Waals surface area contributed by atoms with Crippen LogP contribution in [0.25, 0.3) is 0 Å².